The van der Waals surface area contributed by atoms with Crippen molar-refractivity contribution < 1.29 is 28.9 Å². The quantitative estimate of drug-likeness (QED) is 0.440. The van der Waals surface area contributed by atoms with E-state index in [1.165, 1.54) is 12.7 Å². The van der Waals surface area contributed by atoms with Gasteiger partial charge in [-0.15, -0.1) is 0 Å². The zero-order valence-electron chi connectivity index (χ0n) is 18.4. The molecule has 1 heterocycles. The highest BCUT2D eigenvalue weighted by atomic mass is 79.9. The normalized spacial score (nSPS) is 18.3. The number of hydrogen-bond acceptors (Lipinski definition) is 5. The zero-order chi connectivity index (χ0) is 23.8. The molecular formula is C26H22BrNO6. The molecule has 34 heavy (non-hydrogen) atoms. The largest absolute Gasteiger partial charge is 0.493 e. The monoisotopic (exact) mass is 523 g/mol. The van der Waals surface area contributed by atoms with Crippen molar-refractivity contribution >= 4 is 28.0 Å². The molecule has 0 spiro atoms. The number of aliphatic carboxylic acids is 1. The third-order valence-corrected chi connectivity index (χ3v) is 6.63. The maximum Gasteiger partial charge on any atom is 0.411 e. The summed E-state index contributed by atoms with van der Waals surface area (Å²) < 4.78 is 18.2. The molecule has 1 N–H and O–H groups in total. The molecule has 1 aliphatic heterocycles. The minimum atomic E-state index is -0.931. The fourth-order valence-corrected chi connectivity index (χ4v) is 5.05. The number of carbonyl (C=O) groups excluding carboxylic acids is 1. The van der Waals surface area contributed by atoms with Gasteiger partial charge in [-0.25, -0.2) is 4.79 Å². The summed E-state index contributed by atoms with van der Waals surface area (Å²) in [5, 5.41) is 9.15. The van der Waals surface area contributed by atoms with Gasteiger partial charge in [0.05, 0.1) is 26.1 Å². The molecule has 1 amide bonds. The van der Waals surface area contributed by atoms with Crippen molar-refractivity contribution in [2.75, 3.05) is 7.11 Å². The second kappa shape index (κ2) is 9.02. The number of hydrogen-bond donors (Lipinski definition) is 1. The molecule has 174 valence electrons. The van der Waals surface area contributed by atoms with Gasteiger partial charge < -0.3 is 19.3 Å². The third-order valence-electron chi connectivity index (χ3n) is 6.14. The molecule has 0 saturated carbocycles. The fourth-order valence-electron chi connectivity index (χ4n) is 4.64. The number of methoxy groups -OCH3 is 1. The Labute approximate surface area is 205 Å². The average molecular weight is 524 g/mol. The number of carboxylic acids is 1. The average Bonchev–Trinajstić information content (AvgIpc) is 3.30. The minimum Gasteiger partial charge on any atom is -0.493 e. The zero-order valence-corrected chi connectivity index (χ0v) is 19.9. The Morgan fingerprint density at radius 3 is 2.71 bits per heavy atom. The van der Waals surface area contributed by atoms with E-state index in [2.05, 4.69) is 22.0 Å². The van der Waals surface area contributed by atoms with Crippen LogP contribution in [0.15, 0.2) is 65.1 Å². The van der Waals surface area contributed by atoms with E-state index in [0.717, 1.165) is 15.6 Å². The molecule has 2 aliphatic rings. The number of ether oxygens (including phenoxy) is 3. The Morgan fingerprint density at radius 1 is 1.12 bits per heavy atom. The summed E-state index contributed by atoms with van der Waals surface area (Å²) in [7, 11) is 1.53. The lowest BCUT2D eigenvalue weighted by Gasteiger charge is -2.23. The number of fused-ring (bicyclic) bond motifs is 3. The van der Waals surface area contributed by atoms with Crippen LogP contribution < -0.4 is 9.47 Å². The van der Waals surface area contributed by atoms with Gasteiger partial charge in [0.15, 0.2) is 11.5 Å². The van der Waals surface area contributed by atoms with Gasteiger partial charge in [0, 0.05) is 16.5 Å². The summed E-state index contributed by atoms with van der Waals surface area (Å²) >= 11 is 3.52. The summed E-state index contributed by atoms with van der Waals surface area (Å²) in [6.07, 6.45) is 0.0272. The first-order chi connectivity index (χ1) is 16.4. The number of benzene rings is 3. The van der Waals surface area contributed by atoms with Crippen LogP contribution in [0.25, 0.3) is 0 Å². The van der Waals surface area contributed by atoms with E-state index in [1.807, 2.05) is 36.4 Å². The number of amides is 1. The van der Waals surface area contributed by atoms with Crippen LogP contribution in [0.2, 0.25) is 0 Å². The fraction of sp³-hybridized carbons (Fsp3) is 0.231. The molecule has 0 bridgehead atoms. The summed E-state index contributed by atoms with van der Waals surface area (Å²) in [6, 6.07) is 18.6. The molecule has 5 rings (SSSR count). The van der Waals surface area contributed by atoms with Crippen LogP contribution in [0.1, 0.15) is 28.3 Å². The highest BCUT2D eigenvalue weighted by Gasteiger charge is 2.47. The minimum absolute atomic E-state index is 0.129. The number of carboxylic acid groups (broad SMARTS) is 1. The van der Waals surface area contributed by atoms with Crippen molar-refractivity contribution in [2.45, 2.75) is 31.5 Å². The maximum absolute atomic E-state index is 12.8. The van der Waals surface area contributed by atoms with Crippen molar-refractivity contribution in [3.8, 4) is 17.2 Å². The van der Waals surface area contributed by atoms with E-state index in [-0.39, 0.29) is 24.7 Å². The lowest BCUT2D eigenvalue weighted by molar-refractivity contribution is -0.136. The molecule has 0 aromatic heterocycles. The molecule has 8 heteroatoms. The van der Waals surface area contributed by atoms with E-state index < -0.39 is 5.97 Å². The first kappa shape index (κ1) is 22.3. The number of halogens is 1. The van der Waals surface area contributed by atoms with Gasteiger partial charge >= 0.3 is 12.1 Å². The first-order valence-electron chi connectivity index (χ1n) is 10.8. The van der Waals surface area contributed by atoms with Crippen LogP contribution in [0, 0.1) is 0 Å². The molecule has 3 aromatic rings. The molecule has 0 radical (unpaired) electrons. The summed E-state index contributed by atoms with van der Waals surface area (Å²) in [5.41, 5.74) is 3.68. The molecule has 0 unspecified atom stereocenters. The van der Waals surface area contributed by atoms with E-state index >= 15 is 0 Å². The predicted octanol–water partition coefficient (Wildman–Crippen LogP) is 5.50. The first-order valence-corrected chi connectivity index (χ1v) is 11.6. The van der Waals surface area contributed by atoms with Gasteiger partial charge in [0.2, 0.25) is 0 Å². The summed E-state index contributed by atoms with van der Waals surface area (Å²) in [4.78, 5) is 25.7. The second-order valence-corrected chi connectivity index (χ2v) is 9.22. The van der Waals surface area contributed by atoms with Crippen molar-refractivity contribution in [1.29, 1.82) is 0 Å². The van der Waals surface area contributed by atoms with E-state index in [9.17, 15) is 9.59 Å². The lowest BCUT2D eigenvalue weighted by atomic mass is 10.1. The lowest BCUT2D eigenvalue weighted by Crippen LogP contribution is -2.27. The van der Waals surface area contributed by atoms with Crippen LogP contribution in [0.3, 0.4) is 0 Å². The van der Waals surface area contributed by atoms with Crippen LogP contribution >= 0.6 is 15.9 Å². The SMILES string of the molecule is COc1ccc(CC(=O)O)cc1Oc1ccc(Br)cc1CN1C(=O)O[C@H]2Cc3ccccc3[C@H]21. The van der Waals surface area contributed by atoms with E-state index in [1.54, 1.807) is 23.1 Å². The number of rotatable bonds is 7. The van der Waals surface area contributed by atoms with Gasteiger partial charge in [-0.1, -0.05) is 46.3 Å². The van der Waals surface area contributed by atoms with Crippen molar-refractivity contribution in [2.24, 2.45) is 0 Å². The van der Waals surface area contributed by atoms with Crippen LogP contribution in [0.5, 0.6) is 17.2 Å². The Morgan fingerprint density at radius 2 is 1.91 bits per heavy atom. The van der Waals surface area contributed by atoms with Crippen LogP contribution in [-0.4, -0.2) is 35.3 Å². The number of nitrogens with zero attached hydrogens (tertiary/aromatic N) is 1. The Balaban J connectivity index is 1.47. The summed E-state index contributed by atoms with van der Waals surface area (Å²) in [6.45, 7) is 0.292. The maximum atomic E-state index is 12.8. The van der Waals surface area contributed by atoms with Gasteiger partial charge in [-0.05, 0) is 47.0 Å². The van der Waals surface area contributed by atoms with Gasteiger partial charge in [0.1, 0.15) is 11.9 Å². The molecule has 1 aliphatic carbocycles. The Bertz CT molecular complexity index is 1280. The topological polar surface area (TPSA) is 85.3 Å². The molecule has 1 saturated heterocycles. The highest BCUT2D eigenvalue weighted by Crippen LogP contribution is 2.44. The van der Waals surface area contributed by atoms with E-state index in [4.69, 9.17) is 19.3 Å². The Kier molecular flexibility index (Phi) is 5.91. The third kappa shape index (κ3) is 4.21. The molecular weight excluding hydrogens is 502 g/mol. The highest BCUT2D eigenvalue weighted by molar-refractivity contribution is 9.10. The van der Waals surface area contributed by atoms with Crippen molar-refractivity contribution in [1.82, 2.24) is 4.90 Å². The molecule has 3 aromatic carbocycles. The van der Waals surface area contributed by atoms with Crippen molar-refractivity contribution in [3.05, 3.63) is 87.4 Å². The van der Waals surface area contributed by atoms with Crippen LogP contribution in [-0.2, 0) is 28.9 Å². The van der Waals surface area contributed by atoms with Gasteiger partial charge in [-0.2, -0.15) is 0 Å². The summed E-state index contributed by atoms with van der Waals surface area (Å²) in [5.74, 6) is 0.488. The van der Waals surface area contributed by atoms with Gasteiger partial charge in [-0.3, -0.25) is 9.69 Å². The van der Waals surface area contributed by atoms with Crippen LogP contribution in [0.4, 0.5) is 4.79 Å². The predicted molar refractivity (Wildman–Crippen MR) is 127 cm³/mol. The van der Waals surface area contributed by atoms with Gasteiger partial charge in [0.25, 0.3) is 0 Å². The smallest absolute Gasteiger partial charge is 0.411 e. The molecule has 2 atom stereocenters. The standard InChI is InChI=1S/C26H22BrNO6/c1-32-21-8-6-15(11-24(29)30)10-22(21)33-20-9-7-18(27)12-17(20)14-28-25-19-5-3-2-4-16(19)13-23(25)34-26(28)31/h2-10,12,23,25H,11,13-14H2,1H3,(H,29,30)/t23-,25+/m0/s1. The molecule has 7 nitrogen and oxygen atoms in total. The Hall–Kier alpha value is -3.52. The number of carbonyl (C=O) groups is 2. The van der Waals surface area contributed by atoms with E-state index in [0.29, 0.717) is 35.8 Å². The second-order valence-electron chi connectivity index (χ2n) is 8.31. The molecule has 1 fully saturated rings. The van der Waals surface area contributed by atoms with Crippen molar-refractivity contribution in [3.63, 3.8) is 0 Å².